The van der Waals surface area contributed by atoms with E-state index in [1.165, 1.54) is 5.57 Å². The van der Waals surface area contributed by atoms with Gasteiger partial charge in [-0.3, -0.25) is 4.79 Å². The number of rotatable bonds is 5. The minimum Gasteiger partial charge on any atom is -0.326 e. The van der Waals surface area contributed by atoms with Crippen molar-refractivity contribution in [2.75, 3.05) is 25.5 Å². The van der Waals surface area contributed by atoms with Crippen LogP contribution in [0.1, 0.15) is 13.8 Å². The molecule has 0 spiro atoms. The number of hydrogen-bond acceptors (Lipinski definition) is 1. The van der Waals surface area contributed by atoms with Crippen LogP contribution in [0.2, 0.25) is 5.02 Å². The number of benzene rings is 1. The Morgan fingerprint density at radius 3 is 2.50 bits per heavy atom. The molecule has 2 N–H and O–H groups in total. The highest BCUT2D eigenvalue weighted by Crippen LogP contribution is 2.12. The number of amides is 1. The molecular formula is C14H20ClN2O+. The molecule has 0 fully saturated rings. The van der Waals surface area contributed by atoms with Gasteiger partial charge in [-0.15, -0.1) is 0 Å². The van der Waals surface area contributed by atoms with Crippen molar-refractivity contribution in [1.82, 2.24) is 0 Å². The molecule has 3 nitrogen and oxygen atoms in total. The van der Waals surface area contributed by atoms with E-state index in [0.29, 0.717) is 11.6 Å². The number of anilines is 1. The Bertz CT molecular complexity index is 422. The first kappa shape index (κ1) is 14.7. The highest BCUT2D eigenvalue weighted by Gasteiger charge is 2.08. The van der Waals surface area contributed by atoms with E-state index in [4.69, 9.17) is 11.6 Å². The van der Waals surface area contributed by atoms with Gasteiger partial charge in [0.2, 0.25) is 0 Å². The van der Waals surface area contributed by atoms with E-state index in [9.17, 15) is 4.79 Å². The third-order valence-electron chi connectivity index (χ3n) is 2.45. The fraction of sp³-hybridized carbons (Fsp3) is 0.357. The normalized spacial score (nSPS) is 11.8. The van der Waals surface area contributed by atoms with E-state index >= 15 is 0 Å². The Kier molecular flexibility index (Phi) is 5.89. The summed E-state index contributed by atoms with van der Waals surface area (Å²) in [6.07, 6.45) is 2.13. The molecule has 1 rings (SSSR count). The first-order chi connectivity index (χ1) is 8.47. The molecule has 98 valence electrons. The maximum atomic E-state index is 11.8. The molecule has 0 saturated heterocycles. The summed E-state index contributed by atoms with van der Waals surface area (Å²) in [6, 6.07) is 7.12. The van der Waals surface area contributed by atoms with Crippen LogP contribution < -0.4 is 10.2 Å². The largest absolute Gasteiger partial charge is 0.326 e. The molecule has 1 aromatic carbocycles. The van der Waals surface area contributed by atoms with E-state index in [2.05, 4.69) is 25.2 Å². The van der Waals surface area contributed by atoms with Crippen LogP contribution in [0.4, 0.5) is 5.69 Å². The lowest BCUT2D eigenvalue weighted by Gasteiger charge is -2.12. The molecular weight excluding hydrogens is 248 g/mol. The lowest BCUT2D eigenvalue weighted by atomic mass is 10.3. The fourth-order valence-electron chi connectivity index (χ4n) is 1.46. The van der Waals surface area contributed by atoms with Crippen LogP contribution in [0, 0.1) is 0 Å². The summed E-state index contributed by atoms with van der Waals surface area (Å²) in [6.45, 7) is 5.42. The zero-order chi connectivity index (χ0) is 13.5. The zero-order valence-corrected chi connectivity index (χ0v) is 11.8. The molecule has 4 heteroatoms. The van der Waals surface area contributed by atoms with Crippen molar-refractivity contribution < 1.29 is 9.69 Å². The van der Waals surface area contributed by atoms with Crippen molar-refractivity contribution in [3.05, 3.63) is 40.9 Å². The van der Waals surface area contributed by atoms with E-state index in [-0.39, 0.29) is 5.91 Å². The molecule has 0 aromatic heterocycles. The molecule has 0 radical (unpaired) electrons. The standard InChI is InChI=1S/C14H19ClN2O/c1-11(2)8-9-17(3)10-14(18)16-13-6-4-12(15)5-7-13/h4-8H,9-10H2,1-3H3,(H,16,18)/p+1. The van der Waals surface area contributed by atoms with Crippen LogP contribution in [-0.2, 0) is 4.79 Å². The SMILES string of the molecule is CC(C)=CC[NH+](C)CC(=O)Nc1ccc(Cl)cc1. The summed E-state index contributed by atoms with van der Waals surface area (Å²) >= 11 is 5.78. The van der Waals surface area contributed by atoms with Crippen molar-refractivity contribution in [3.8, 4) is 0 Å². The van der Waals surface area contributed by atoms with E-state index in [1.54, 1.807) is 24.3 Å². The van der Waals surface area contributed by atoms with E-state index in [1.807, 2.05) is 7.05 Å². The third kappa shape index (κ3) is 5.84. The van der Waals surface area contributed by atoms with Gasteiger partial charge in [-0.1, -0.05) is 17.2 Å². The Labute approximate surface area is 113 Å². The number of nitrogens with one attached hydrogen (secondary N) is 2. The summed E-state index contributed by atoms with van der Waals surface area (Å²) in [7, 11) is 2.00. The number of likely N-dealkylation sites (N-methyl/N-ethyl adjacent to an activating group) is 1. The second-order valence-corrected chi connectivity index (χ2v) is 5.11. The quantitative estimate of drug-likeness (QED) is 0.783. The number of quaternary nitrogens is 1. The van der Waals surface area contributed by atoms with Gasteiger partial charge in [0.25, 0.3) is 5.91 Å². The summed E-state index contributed by atoms with van der Waals surface area (Å²) in [5.74, 6) is 0.0111. The van der Waals surface area contributed by atoms with Crippen molar-refractivity contribution in [1.29, 1.82) is 0 Å². The lowest BCUT2D eigenvalue weighted by molar-refractivity contribution is -0.864. The highest BCUT2D eigenvalue weighted by molar-refractivity contribution is 6.30. The van der Waals surface area contributed by atoms with Gasteiger partial charge in [0, 0.05) is 10.7 Å². The highest BCUT2D eigenvalue weighted by atomic mass is 35.5. The summed E-state index contributed by atoms with van der Waals surface area (Å²) < 4.78 is 0. The fourth-order valence-corrected chi connectivity index (χ4v) is 1.59. The molecule has 1 amide bonds. The Morgan fingerprint density at radius 2 is 1.94 bits per heavy atom. The first-order valence-corrected chi connectivity index (χ1v) is 6.35. The maximum absolute atomic E-state index is 11.8. The van der Waals surface area contributed by atoms with Gasteiger partial charge in [0.15, 0.2) is 6.54 Å². The lowest BCUT2D eigenvalue weighted by Crippen LogP contribution is -3.09. The molecule has 0 aliphatic heterocycles. The number of carbonyl (C=O) groups is 1. The first-order valence-electron chi connectivity index (χ1n) is 5.97. The number of allylic oxidation sites excluding steroid dienone is 1. The maximum Gasteiger partial charge on any atom is 0.279 e. The molecule has 0 heterocycles. The van der Waals surface area contributed by atoms with Gasteiger partial charge in [-0.25, -0.2) is 0 Å². The minimum atomic E-state index is 0.0111. The summed E-state index contributed by atoms with van der Waals surface area (Å²) in [5.41, 5.74) is 2.05. The number of carbonyl (C=O) groups excluding carboxylic acids is 1. The van der Waals surface area contributed by atoms with Crippen LogP contribution in [0.25, 0.3) is 0 Å². The molecule has 0 aliphatic carbocycles. The average Bonchev–Trinajstić information content (AvgIpc) is 2.29. The van der Waals surface area contributed by atoms with E-state index < -0.39 is 0 Å². The predicted octanol–water partition coefficient (Wildman–Crippen LogP) is 1.76. The topological polar surface area (TPSA) is 33.5 Å². The van der Waals surface area contributed by atoms with Crippen LogP contribution >= 0.6 is 11.6 Å². The van der Waals surface area contributed by atoms with Crippen LogP contribution in [-0.4, -0.2) is 26.0 Å². The monoisotopic (exact) mass is 267 g/mol. The van der Waals surface area contributed by atoms with Gasteiger partial charge in [0.05, 0.1) is 13.6 Å². The van der Waals surface area contributed by atoms with Crippen LogP contribution in [0.15, 0.2) is 35.9 Å². The second-order valence-electron chi connectivity index (χ2n) is 4.67. The summed E-state index contributed by atoms with van der Waals surface area (Å²) in [4.78, 5) is 12.9. The molecule has 1 aromatic rings. The Hall–Kier alpha value is -1.32. The molecule has 0 bridgehead atoms. The molecule has 0 saturated carbocycles. The Balaban J connectivity index is 2.41. The van der Waals surface area contributed by atoms with Gasteiger partial charge < -0.3 is 10.2 Å². The second kappa shape index (κ2) is 7.19. The van der Waals surface area contributed by atoms with Gasteiger partial charge >= 0.3 is 0 Å². The molecule has 1 unspecified atom stereocenters. The predicted molar refractivity (Wildman–Crippen MR) is 76.1 cm³/mol. The van der Waals surface area contributed by atoms with E-state index in [0.717, 1.165) is 17.1 Å². The number of halogens is 1. The summed E-state index contributed by atoms with van der Waals surface area (Å²) in [5, 5.41) is 3.51. The van der Waals surface area contributed by atoms with Gasteiger partial charge in [0.1, 0.15) is 0 Å². The Morgan fingerprint density at radius 1 is 1.33 bits per heavy atom. The van der Waals surface area contributed by atoms with Crippen molar-refractivity contribution in [2.45, 2.75) is 13.8 Å². The zero-order valence-electron chi connectivity index (χ0n) is 11.1. The van der Waals surface area contributed by atoms with Crippen molar-refractivity contribution in [2.24, 2.45) is 0 Å². The van der Waals surface area contributed by atoms with Crippen molar-refractivity contribution in [3.63, 3.8) is 0 Å². The van der Waals surface area contributed by atoms with Crippen LogP contribution in [0.3, 0.4) is 0 Å². The minimum absolute atomic E-state index is 0.0111. The smallest absolute Gasteiger partial charge is 0.279 e. The van der Waals surface area contributed by atoms with Crippen LogP contribution in [0.5, 0.6) is 0 Å². The number of hydrogen-bond donors (Lipinski definition) is 2. The third-order valence-corrected chi connectivity index (χ3v) is 2.70. The average molecular weight is 268 g/mol. The molecule has 1 atom stereocenters. The van der Waals surface area contributed by atoms with Crippen molar-refractivity contribution >= 4 is 23.2 Å². The van der Waals surface area contributed by atoms with Gasteiger partial charge in [-0.05, 0) is 44.2 Å². The molecule has 18 heavy (non-hydrogen) atoms. The molecule has 0 aliphatic rings. The van der Waals surface area contributed by atoms with Gasteiger partial charge in [-0.2, -0.15) is 0 Å².